The number of rotatable bonds is 8. The van der Waals surface area contributed by atoms with Gasteiger partial charge in [-0.3, -0.25) is 0 Å². The number of benzene rings is 3. The van der Waals surface area contributed by atoms with Gasteiger partial charge in [-0.15, -0.1) is 0 Å². The van der Waals surface area contributed by atoms with Crippen LogP contribution in [-0.2, 0) is 6.42 Å². The Morgan fingerprint density at radius 2 is 1.45 bits per heavy atom. The van der Waals surface area contributed by atoms with Crippen LogP contribution in [0.2, 0.25) is 0 Å². The maximum atomic E-state index is 8.99. The number of nitriles is 1. The van der Waals surface area contributed by atoms with Crippen molar-refractivity contribution in [2.24, 2.45) is 0 Å². The highest BCUT2D eigenvalue weighted by Crippen LogP contribution is 2.23. The zero-order valence-corrected chi connectivity index (χ0v) is 17.1. The van der Waals surface area contributed by atoms with Gasteiger partial charge in [0.05, 0.1) is 11.6 Å². The average molecular weight is 406 g/mol. The highest BCUT2D eigenvalue weighted by Gasteiger charge is 2.08. The van der Waals surface area contributed by atoms with Crippen molar-refractivity contribution in [2.45, 2.75) is 12.8 Å². The summed E-state index contributed by atoms with van der Waals surface area (Å²) in [5.41, 5.74) is 3.78. The molecule has 0 spiro atoms. The Morgan fingerprint density at radius 3 is 2.16 bits per heavy atom. The van der Waals surface area contributed by atoms with Gasteiger partial charge in [-0.1, -0.05) is 60.7 Å². The molecule has 0 fully saturated rings. The van der Waals surface area contributed by atoms with Gasteiger partial charge in [-0.25, -0.2) is 9.97 Å². The molecule has 0 aliphatic carbocycles. The number of anilines is 3. The van der Waals surface area contributed by atoms with E-state index in [-0.39, 0.29) is 0 Å². The summed E-state index contributed by atoms with van der Waals surface area (Å²) in [5.74, 6) is 2.13. The standard InChI is InChI=1S/C26H23N5/c27-19-21-13-15-23(16-14-21)29-25-18-24(28-17-7-10-20-8-3-1-4-9-20)30-26(31-25)22-11-5-2-6-12-22/h1-6,8-9,11-16,18H,7,10,17H2,(H2,28,29,30,31). The van der Waals surface area contributed by atoms with Crippen LogP contribution in [0.5, 0.6) is 0 Å². The van der Waals surface area contributed by atoms with E-state index in [0.717, 1.165) is 36.5 Å². The molecule has 0 saturated heterocycles. The molecule has 4 aromatic rings. The first kappa shape index (κ1) is 20.1. The Morgan fingerprint density at radius 1 is 0.774 bits per heavy atom. The van der Waals surface area contributed by atoms with Crippen molar-refractivity contribution < 1.29 is 0 Å². The van der Waals surface area contributed by atoms with Crippen molar-refractivity contribution in [1.29, 1.82) is 5.26 Å². The highest BCUT2D eigenvalue weighted by atomic mass is 15.1. The van der Waals surface area contributed by atoms with Crippen LogP contribution in [0.15, 0.2) is 91.0 Å². The SMILES string of the molecule is N#Cc1ccc(Nc2cc(NCCCc3ccccc3)nc(-c3ccccc3)n2)cc1. The quantitative estimate of drug-likeness (QED) is 0.362. The first-order chi connectivity index (χ1) is 15.3. The van der Waals surface area contributed by atoms with Gasteiger partial charge in [0.15, 0.2) is 5.82 Å². The van der Waals surface area contributed by atoms with Crippen molar-refractivity contribution in [3.8, 4) is 17.5 Å². The summed E-state index contributed by atoms with van der Waals surface area (Å²) in [4.78, 5) is 9.40. The van der Waals surface area contributed by atoms with E-state index in [1.807, 2.05) is 54.6 Å². The second-order valence-electron chi connectivity index (χ2n) is 7.16. The number of hydrogen-bond acceptors (Lipinski definition) is 5. The lowest BCUT2D eigenvalue weighted by Crippen LogP contribution is -2.07. The van der Waals surface area contributed by atoms with Crippen LogP contribution in [0.25, 0.3) is 11.4 Å². The molecule has 4 rings (SSSR count). The molecule has 0 unspecified atom stereocenters. The summed E-state index contributed by atoms with van der Waals surface area (Å²) in [6.07, 6.45) is 2.02. The molecule has 0 amide bonds. The number of hydrogen-bond donors (Lipinski definition) is 2. The second-order valence-corrected chi connectivity index (χ2v) is 7.16. The zero-order chi connectivity index (χ0) is 21.3. The van der Waals surface area contributed by atoms with Crippen molar-refractivity contribution in [3.63, 3.8) is 0 Å². The molecule has 5 heteroatoms. The lowest BCUT2D eigenvalue weighted by Gasteiger charge is -2.12. The fraction of sp³-hybridized carbons (Fsp3) is 0.115. The molecule has 2 N–H and O–H groups in total. The largest absolute Gasteiger partial charge is 0.370 e. The fourth-order valence-electron chi connectivity index (χ4n) is 3.25. The zero-order valence-electron chi connectivity index (χ0n) is 17.1. The number of nitrogens with zero attached hydrogens (tertiary/aromatic N) is 3. The lowest BCUT2D eigenvalue weighted by atomic mass is 10.1. The van der Waals surface area contributed by atoms with Gasteiger partial charge in [-0.05, 0) is 42.7 Å². The first-order valence-electron chi connectivity index (χ1n) is 10.3. The van der Waals surface area contributed by atoms with E-state index in [0.29, 0.717) is 17.2 Å². The lowest BCUT2D eigenvalue weighted by molar-refractivity contribution is 0.858. The Bertz CT molecular complexity index is 1150. The van der Waals surface area contributed by atoms with Crippen molar-refractivity contribution >= 4 is 17.3 Å². The molecular weight excluding hydrogens is 382 g/mol. The van der Waals surface area contributed by atoms with Crippen LogP contribution in [0.4, 0.5) is 17.3 Å². The predicted octanol–water partition coefficient (Wildman–Crippen LogP) is 5.80. The van der Waals surface area contributed by atoms with Crippen molar-refractivity contribution in [1.82, 2.24) is 9.97 Å². The summed E-state index contributed by atoms with van der Waals surface area (Å²) in [6, 6.07) is 31.8. The molecule has 0 radical (unpaired) electrons. The summed E-state index contributed by atoms with van der Waals surface area (Å²) in [7, 11) is 0. The molecule has 0 saturated carbocycles. The van der Waals surface area contributed by atoms with Crippen LogP contribution >= 0.6 is 0 Å². The van der Waals surface area contributed by atoms with Gasteiger partial charge in [0.25, 0.3) is 0 Å². The summed E-state index contributed by atoms with van der Waals surface area (Å²) < 4.78 is 0. The summed E-state index contributed by atoms with van der Waals surface area (Å²) in [6.45, 7) is 0.816. The Hall–Kier alpha value is -4.17. The minimum absolute atomic E-state index is 0.624. The molecular formula is C26H23N5. The minimum atomic E-state index is 0.624. The normalized spacial score (nSPS) is 10.3. The van der Waals surface area contributed by atoms with Gasteiger partial charge in [0.1, 0.15) is 11.6 Å². The Balaban J connectivity index is 1.50. The predicted molar refractivity (Wildman–Crippen MR) is 125 cm³/mol. The average Bonchev–Trinajstić information content (AvgIpc) is 2.83. The van der Waals surface area contributed by atoms with E-state index in [1.54, 1.807) is 12.1 Å². The van der Waals surface area contributed by atoms with E-state index in [1.165, 1.54) is 5.56 Å². The van der Waals surface area contributed by atoms with E-state index < -0.39 is 0 Å². The van der Waals surface area contributed by atoms with Gasteiger partial charge < -0.3 is 10.6 Å². The van der Waals surface area contributed by atoms with Crippen LogP contribution in [0, 0.1) is 11.3 Å². The maximum absolute atomic E-state index is 8.99. The molecule has 0 aliphatic heterocycles. The number of aromatic nitrogens is 2. The van der Waals surface area contributed by atoms with E-state index in [2.05, 4.69) is 41.0 Å². The monoisotopic (exact) mass is 405 g/mol. The topological polar surface area (TPSA) is 73.6 Å². The Kier molecular flexibility index (Phi) is 6.51. The number of nitrogens with one attached hydrogen (secondary N) is 2. The highest BCUT2D eigenvalue weighted by molar-refractivity contribution is 5.65. The minimum Gasteiger partial charge on any atom is -0.370 e. The van der Waals surface area contributed by atoms with E-state index >= 15 is 0 Å². The second kappa shape index (κ2) is 10.0. The molecule has 0 aliphatic rings. The number of aryl methyl sites for hydroxylation is 1. The smallest absolute Gasteiger partial charge is 0.163 e. The third kappa shape index (κ3) is 5.68. The van der Waals surface area contributed by atoms with Gasteiger partial charge in [-0.2, -0.15) is 5.26 Å². The molecule has 1 aromatic heterocycles. The van der Waals surface area contributed by atoms with Gasteiger partial charge in [0, 0.05) is 23.9 Å². The van der Waals surface area contributed by atoms with Crippen LogP contribution < -0.4 is 10.6 Å². The van der Waals surface area contributed by atoms with Crippen molar-refractivity contribution in [3.05, 3.63) is 102 Å². The van der Waals surface area contributed by atoms with Gasteiger partial charge in [0.2, 0.25) is 0 Å². The third-order valence-corrected chi connectivity index (χ3v) is 4.84. The van der Waals surface area contributed by atoms with E-state index in [4.69, 9.17) is 15.2 Å². The van der Waals surface area contributed by atoms with Crippen molar-refractivity contribution in [2.75, 3.05) is 17.2 Å². The van der Waals surface area contributed by atoms with Crippen LogP contribution in [-0.4, -0.2) is 16.5 Å². The Labute approximate surface area is 182 Å². The molecule has 31 heavy (non-hydrogen) atoms. The molecule has 3 aromatic carbocycles. The third-order valence-electron chi connectivity index (χ3n) is 4.84. The molecule has 5 nitrogen and oxygen atoms in total. The van der Waals surface area contributed by atoms with Crippen LogP contribution in [0.3, 0.4) is 0 Å². The molecule has 1 heterocycles. The van der Waals surface area contributed by atoms with Gasteiger partial charge >= 0.3 is 0 Å². The summed E-state index contributed by atoms with van der Waals surface area (Å²) in [5, 5.41) is 15.8. The summed E-state index contributed by atoms with van der Waals surface area (Å²) >= 11 is 0. The molecule has 0 atom stereocenters. The maximum Gasteiger partial charge on any atom is 0.163 e. The first-order valence-corrected chi connectivity index (χ1v) is 10.3. The van der Waals surface area contributed by atoms with Crippen LogP contribution in [0.1, 0.15) is 17.5 Å². The molecule has 0 bridgehead atoms. The molecule has 152 valence electrons. The fourth-order valence-corrected chi connectivity index (χ4v) is 3.25. The van der Waals surface area contributed by atoms with E-state index in [9.17, 15) is 0 Å².